The minimum Gasteiger partial charge on any atom is -0.331 e. The molecule has 0 spiro atoms. The molecule has 19 heavy (non-hydrogen) atoms. The molecule has 1 aliphatic heterocycles. The Balaban J connectivity index is 2.00. The van der Waals surface area contributed by atoms with Gasteiger partial charge in [-0.2, -0.15) is 11.8 Å². The van der Waals surface area contributed by atoms with E-state index in [1.165, 1.54) is 25.0 Å². The van der Waals surface area contributed by atoms with E-state index in [0.29, 0.717) is 15.3 Å². The lowest BCUT2D eigenvalue weighted by Crippen LogP contribution is -2.17. The van der Waals surface area contributed by atoms with Gasteiger partial charge in [0.1, 0.15) is 0 Å². The lowest BCUT2D eigenvalue weighted by Gasteiger charge is -2.21. The zero-order chi connectivity index (χ0) is 13.4. The molecule has 0 saturated carbocycles. The Bertz CT molecular complexity index is 656. The summed E-state index contributed by atoms with van der Waals surface area (Å²) in [5.41, 5.74) is 2.01. The number of halogens is 2. The smallest absolute Gasteiger partial charge is 0.178 e. The van der Waals surface area contributed by atoms with Crippen LogP contribution in [0.15, 0.2) is 12.1 Å². The number of hydrogen-bond donors (Lipinski definition) is 1. The number of H-pyrrole nitrogens is 1. The standard InChI is InChI=1S/C13H14Cl2N2S2/c14-9-5-11-12(6-10(9)15)17(13(18)16-11)7-8-3-1-2-4-19-8/h5-6,8H,1-4,7H2,(H,16,18). The first kappa shape index (κ1) is 13.8. The summed E-state index contributed by atoms with van der Waals surface area (Å²) in [7, 11) is 0. The van der Waals surface area contributed by atoms with Crippen LogP contribution in [0.4, 0.5) is 0 Å². The van der Waals surface area contributed by atoms with Gasteiger partial charge in [-0.25, -0.2) is 0 Å². The van der Waals surface area contributed by atoms with Crippen molar-refractivity contribution in [1.29, 1.82) is 0 Å². The van der Waals surface area contributed by atoms with Crippen LogP contribution in [0.25, 0.3) is 11.0 Å². The van der Waals surface area contributed by atoms with Gasteiger partial charge in [0, 0.05) is 11.8 Å². The number of fused-ring (bicyclic) bond motifs is 1. The molecular formula is C13H14Cl2N2S2. The summed E-state index contributed by atoms with van der Waals surface area (Å²) in [6.45, 7) is 0.946. The molecule has 1 atom stereocenters. The van der Waals surface area contributed by atoms with Crippen LogP contribution in [0.3, 0.4) is 0 Å². The van der Waals surface area contributed by atoms with Gasteiger partial charge in [0.2, 0.25) is 0 Å². The highest BCUT2D eigenvalue weighted by molar-refractivity contribution is 7.99. The summed E-state index contributed by atoms with van der Waals surface area (Å²) in [5.74, 6) is 1.26. The Morgan fingerprint density at radius 2 is 2.11 bits per heavy atom. The lowest BCUT2D eigenvalue weighted by atomic mass is 10.2. The molecule has 0 amide bonds. The molecule has 2 aromatic rings. The largest absolute Gasteiger partial charge is 0.331 e. The Morgan fingerprint density at radius 1 is 1.32 bits per heavy atom. The van der Waals surface area contributed by atoms with E-state index in [4.69, 9.17) is 35.4 Å². The highest BCUT2D eigenvalue weighted by Crippen LogP contribution is 2.30. The van der Waals surface area contributed by atoms with E-state index in [1.807, 2.05) is 23.9 Å². The highest BCUT2D eigenvalue weighted by Gasteiger charge is 2.17. The maximum atomic E-state index is 6.11. The van der Waals surface area contributed by atoms with Crippen LogP contribution in [-0.4, -0.2) is 20.6 Å². The Kier molecular flexibility index (Phi) is 4.13. The Labute approximate surface area is 131 Å². The molecule has 102 valence electrons. The van der Waals surface area contributed by atoms with Crippen molar-refractivity contribution in [3.8, 4) is 0 Å². The molecule has 1 aromatic carbocycles. The molecule has 0 radical (unpaired) electrons. The van der Waals surface area contributed by atoms with Crippen molar-refractivity contribution in [1.82, 2.24) is 9.55 Å². The highest BCUT2D eigenvalue weighted by atomic mass is 35.5. The molecule has 1 N–H and O–H groups in total. The molecule has 0 aliphatic carbocycles. The minimum atomic E-state index is 0.560. The molecule has 1 saturated heterocycles. The predicted molar refractivity (Wildman–Crippen MR) is 87.2 cm³/mol. The third kappa shape index (κ3) is 2.82. The fourth-order valence-electron chi connectivity index (χ4n) is 2.49. The molecule has 3 rings (SSSR count). The topological polar surface area (TPSA) is 20.7 Å². The fourth-order valence-corrected chi connectivity index (χ4v) is 4.38. The number of rotatable bonds is 2. The van der Waals surface area contributed by atoms with E-state index < -0.39 is 0 Å². The normalized spacial score (nSPS) is 20.0. The molecule has 2 heterocycles. The van der Waals surface area contributed by atoms with Gasteiger partial charge in [0.25, 0.3) is 0 Å². The first-order valence-electron chi connectivity index (χ1n) is 6.34. The van der Waals surface area contributed by atoms with E-state index in [0.717, 1.165) is 22.3 Å². The Hall–Kier alpha value is -0.160. The number of hydrogen-bond acceptors (Lipinski definition) is 2. The monoisotopic (exact) mass is 332 g/mol. The van der Waals surface area contributed by atoms with Gasteiger partial charge >= 0.3 is 0 Å². The summed E-state index contributed by atoms with van der Waals surface area (Å²) >= 11 is 19.6. The van der Waals surface area contributed by atoms with Gasteiger partial charge in [-0.15, -0.1) is 0 Å². The molecule has 6 heteroatoms. The zero-order valence-corrected chi connectivity index (χ0v) is 13.4. The molecule has 1 fully saturated rings. The SMILES string of the molecule is S=c1[nH]c2cc(Cl)c(Cl)cc2n1CC1CCCCS1. The molecule has 2 nitrogen and oxygen atoms in total. The first-order chi connectivity index (χ1) is 9.15. The van der Waals surface area contributed by atoms with Crippen molar-refractivity contribution < 1.29 is 0 Å². The second-order valence-electron chi connectivity index (χ2n) is 4.81. The van der Waals surface area contributed by atoms with Gasteiger partial charge in [0.15, 0.2) is 4.77 Å². The molecule has 1 aromatic heterocycles. The number of aromatic amines is 1. The zero-order valence-electron chi connectivity index (χ0n) is 10.3. The van der Waals surface area contributed by atoms with Crippen LogP contribution in [0.2, 0.25) is 10.0 Å². The van der Waals surface area contributed by atoms with E-state index in [-0.39, 0.29) is 0 Å². The van der Waals surface area contributed by atoms with Crippen molar-refractivity contribution in [2.75, 3.05) is 5.75 Å². The van der Waals surface area contributed by atoms with Crippen LogP contribution in [-0.2, 0) is 6.54 Å². The van der Waals surface area contributed by atoms with E-state index >= 15 is 0 Å². The van der Waals surface area contributed by atoms with E-state index in [1.54, 1.807) is 0 Å². The third-order valence-electron chi connectivity index (χ3n) is 3.48. The lowest BCUT2D eigenvalue weighted by molar-refractivity contribution is 0.588. The van der Waals surface area contributed by atoms with Crippen LogP contribution in [0.1, 0.15) is 19.3 Å². The van der Waals surface area contributed by atoms with Gasteiger partial charge in [0.05, 0.1) is 21.1 Å². The number of imidazole rings is 1. The summed E-state index contributed by atoms with van der Waals surface area (Å²) in [5, 5.41) is 1.78. The van der Waals surface area contributed by atoms with Crippen LogP contribution >= 0.6 is 47.2 Å². The van der Waals surface area contributed by atoms with Crippen molar-refractivity contribution in [2.45, 2.75) is 31.1 Å². The number of nitrogens with zero attached hydrogens (tertiary/aromatic N) is 1. The van der Waals surface area contributed by atoms with Crippen molar-refractivity contribution in [3.63, 3.8) is 0 Å². The van der Waals surface area contributed by atoms with E-state index in [9.17, 15) is 0 Å². The van der Waals surface area contributed by atoms with Crippen LogP contribution < -0.4 is 0 Å². The maximum absolute atomic E-state index is 6.11. The van der Waals surface area contributed by atoms with Crippen LogP contribution in [0.5, 0.6) is 0 Å². The summed E-state index contributed by atoms with van der Waals surface area (Å²) < 4.78 is 2.90. The summed E-state index contributed by atoms with van der Waals surface area (Å²) in [6, 6.07) is 3.75. The number of thioether (sulfide) groups is 1. The van der Waals surface area contributed by atoms with Gasteiger partial charge < -0.3 is 9.55 Å². The van der Waals surface area contributed by atoms with Crippen LogP contribution in [0, 0.1) is 4.77 Å². The molecule has 0 bridgehead atoms. The second-order valence-corrected chi connectivity index (χ2v) is 7.42. The third-order valence-corrected chi connectivity index (χ3v) is 5.90. The van der Waals surface area contributed by atoms with Gasteiger partial charge in [-0.05, 0) is 42.9 Å². The van der Waals surface area contributed by atoms with E-state index in [2.05, 4.69) is 9.55 Å². The quantitative estimate of drug-likeness (QED) is 0.754. The number of nitrogens with one attached hydrogen (secondary N) is 1. The molecule has 1 unspecified atom stereocenters. The Morgan fingerprint density at radius 3 is 2.84 bits per heavy atom. The first-order valence-corrected chi connectivity index (χ1v) is 8.55. The average molecular weight is 333 g/mol. The van der Waals surface area contributed by atoms with Crippen molar-refractivity contribution in [2.24, 2.45) is 0 Å². The number of benzene rings is 1. The summed E-state index contributed by atoms with van der Waals surface area (Å²) in [4.78, 5) is 3.21. The average Bonchev–Trinajstić information content (AvgIpc) is 2.68. The van der Waals surface area contributed by atoms with Gasteiger partial charge in [-0.1, -0.05) is 29.6 Å². The predicted octanol–water partition coefficient (Wildman–Crippen LogP) is 5.29. The van der Waals surface area contributed by atoms with Crippen molar-refractivity contribution in [3.05, 3.63) is 26.9 Å². The van der Waals surface area contributed by atoms with Gasteiger partial charge in [-0.3, -0.25) is 0 Å². The molecular weight excluding hydrogens is 319 g/mol. The molecule has 1 aliphatic rings. The maximum Gasteiger partial charge on any atom is 0.178 e. The minimum absolute atomic E-state index is 0.560. The van der Waals surface area contributed by atoms with Crippen molar-refractivity contribution >= 4 is 58.2 Å². The fraction of sp³-hybridized carbons (Fsp3) is 0.462. The number of aromatic nitrogens is 2. The summed E-state index contributed by atoms with van der Waals surface area (Å²) in [6.07, 6.45) is 3.92. The second kappa shape index (κ2) is 5.68.